The number of H-pyrrole nitrogens is 1. The fraction of sp³-hybridized carbons (Fsp3) is 0.182. The van der Waals surface area contributed by atoms with Crippen molar-refractivity contribution in [3.05, 3.63) is 46.6 Å². The third kappa shape index (κ3) is 2.40. The van der Waals surface area contributed by atoms with E-state index in [1.54, 1.807) is 12.1 Å². The monoisotopic (exact) mass is 249 g/mol. The van der Waals surface area contributed by atoms with E-state index in [0.717, 1.165) is 10.9 Å². The molecular weight excluding hydrogens is 238 g/mol. The average Bonchev–Trinajstić information content (AvgIpc) is 2.74. The lowest BCUT2D eigenvalue weighted by molar-refractivity contribution is -0.141. The van der Waals surface area contributed by atoms with Crippen LogP contribution >= 0.6 is 0 Å². The van der Waals surface area contributed by atoms with Gasteiger partial charge in [-0.15, -0.1) is 0 Å². The van der Waals surface area contributed by atoms with E-state index in [4.69, 9.17) is 10.2 Å². The molecule has 3 N–H and O–H groups in total. The van der Waals surface area contributed by atoms with E-state index >= 15 is 0 Å². The molecular formula is C11H11N3O4. The van der Waals surface area contributed by atoms with Crippen molar-refractivity contribution in [3.8, 4) is 5.75 Å². The Morgan fingerprint density at radius 2 is 2.06 bits per heavy atom. The minimum atomic E-state index is -1.12. The second-order valence-electron chi connectivity index (χ2n) is 3.79. The van der Waals surface area contributed by atoms with E-state index in [-0.39, 0.29) is 12.2 Å². The third-order valence-corrected chi connectivity index (χ3v) is 2.56. The highest BCUT2D eigenvalue weighted by molar-refractivity contribution is 5.72. The molecule has 0 amide bonds. The van der Waals surface area contributed by atoms with Gasteiger partial charge in [0.1, 0.15) is 18.1 Å². The molecule has 0 spiro atoms. The zero-order valence-corrected chi connectivity index (χ0v) is 9.28. The van der Waals surface area contributed by atoms with Gasteiger partial charge in [0, 0.05) is 6.42 Å². The summed E-state index contributed by atoms with van der Waals surface area (Å²) in [4.78, 5) is 22.5. The summed E-state index contributed by atoms with van der Waals surface area (Å²) in [5.41, 5.74) is 0.134. The zero-order chi connectivity index (χ0) is 13.1. The molecule has 0 saturated carbocycles. The Kier molecular flexibility index (Phi) is 3.13. The summed E-state index contributed by atoms with van der Waals surface area (Å²) in [5.74, 6) is -1.02. The Bertz CT molecular complexity index is 599. The minimum Gasteiger partial charge on any atom is -0.508 e. The van der Waals surface area contributed by atoms with Crippen LogP contribution in [0.1, 0.15) is 11.6 Å². The molecule has 0 aliphatic rings. The summed E-state index contributed by atoms with van der Waals surface area (Å²) in [6.07, 6.45) is 1.29. The van der Waals surface area contributed by atoms with Gasteiger partial charge in [-0.1, -0.05) is 12.1 Å². The molecule has 1 aromatic heterocycles. The van der Waals surface area contributed by atoms with Crippen LogP contribution in [0, 0.1) is 0 Å². The standard InChI is InChI=1S/C11H11N3O4/c15-8-3-1-7(2-4-8)5-9(10(16)17)14-6-12-13-11(14)18/h1-4,6,9,15H,5H2,(H,13,18)(H,16,17). The van der Waals surface area contributed by atoms with Crippen LogP contribution in [0.4, 0.5) is 0 Å². The van der Waals surface area contributed by atoms with E-state index in [1.165, 1.54) is 12.1 Å². The second kappa shape index (κ2) is 4.74. The van der Waals surface area contributed by atoms with Gasteiger partial charge in [-0.3, -0.25) is 4.57 Å². The molecule has 2 aromatic rings. The van der Waals surface area contributed by atoms with Crippen molar-refractivity contribution in [1.82, 2.24) is 14.8 Å². The quantitative estimate of drug-likeness (QED) is 0.714. The molecule has 1 atom stereocenters. The second-order valence-corrected chi connectivity index (χ2v) is 3.79. The summed E-state index contributed by atoms with van der Waals surface area (Å²) in [6, 6.07) is 5.12. The molecule has 2 rings (SSSR count). The number of benzene rings is 1. The number of carboxylic acids is 1. The molecule has 7 nitrogen and oxygen atoms in total. The molecule has 1 unspecified atom stereocenters. The molecule has 0 aliphatic heterocycles. The maximum atomic E-state index is 11.4. The maximum Gasteiger partial charge on any atom is 0.343 e. The highest BCUT2D eigenvalue weighted by atomic mass is 16.4. The van der Waals surface area contributed by atoms with Gasteiger partial charge in [0.15, 0.2) is 0 Å². The Hall–Kier alpha value is -2.57. The normalized spacial score (nSPS) is 12.2. The van der Waals surface area contributed by atoms with Gasteiger partial charge in [0.05, 0.1) is 0 Å². The van der Waals surface area contributed by atoms with Crippen molar-refractivity contribution < 1.29 is 15.0 Å². The fourth-order valence-electron chi connectivity index (χ4n) is 1.64. The first kappa shape index (κ1) is 11.9. The van der Waals surface area contributed by atoms with Crippen LogP contribution in [0.3, 0.4) is 0 Å². The van der Waals surface area contributed by atoms with Crippen molar-refractivity contribution in [2.45, 2.75) is 12.5 Å². The molecule has 0 bridgehead atoms. The molecule has 7 heteroatoms. The summed E-state index contributed by atoms with van der Waals surface area (Å²) >= 11 is 0. The summed E-state index contributed by atoms with van der Waals surface area (Å²) in [7, 11) is 0. The van der Waals surface area contributed by atoms with Gasteiger partial charge < -0.3 is 10.2 Å². The molecule has 0 saturated heterocycles. The van der Waals surface area contributed by atoms with Crippen LogP contribution in [0.25, 0.3) is 0 Å². The molecule has 0 fully saturated rings. The van der Waals surface area contributed by atoms with Crippen LogP contribution in [0.5, 0.6) is 5.75 Å². The number of hydrogen-bond acceptors (Lipinski definition) is 4. The first-order chi connectivity index (χ1) is 8.58. The molecule has 0 radical (unpaired) electrons. The SMILES string of the molecule is O=C(O)C(Cc1ccc(O)cc1)n1cn[nH]c1=O. The predicted molar refractivity (Wildman–Crippen MR) is 61.3 cm³/mol. The van der Waals surface area contributed by atoms with Crippen molar-refractivity contribution >= 4 is 5.97 Å². The number of carboxylic acid groups (broad SMARTS) is 1. The lowest BCUT2D eigenvalue weighted by Crippen LogP contribution is -2.29. The molecule has 18 heavy (non-hydrogen) atoms. The number of nitrogens with one attached hydrogen (secondary N) is 1. The number of rotatable bonds is 4. The number of phenolic OH excluding ortho intramolecular Hbond substituents is 1. The van der Waals surface area contributed by atoms with Crippen LogP contribution in [-0.2, 0) is 11.2 Å². The largest absolute Gasteiger partial charge is 0.508 e. The van der Waals surface area contributed by atoms with Crippen LogP contribution in [0.2, 0.25) is 0 Å². The lowest BCUT2D eigenvalue weighted by Gasteiger charge is -2.12. The lowest BCUT2D eigenvalue weighted by atomic mass is 10.1. The number of aromatic hydroxyl groups is 1. The Morgan fingerprint density at radius 3 is 2.56 bits per heavy atom. The Morgan fingerprint density at radius 1 is 1.39 bits per heavy atom. The molecule has 1 heterocycles. The first-order valence-corrected chi connectivity index (χ1v) is 5.20. The number of phenols is 1. The van der Waals surface area contributed by atoms with Crippen LogP contribution < -0.4 is 5.69 Å². The molecule has 1 aromatic carbocycles. The van der Waals surface area contributed by atoms with Gasteiger partial charge >= 0.3 is 11.7 Å². The number of aliphatic carboxylic acids is 1. The maximum absolute atomic E-state index is 11.4. The fourth-order valence-corrected chi connectivity index (χ4v) is 1.64. The van der Waals surface area contributed by atoms with Crippen molar-refractivity contribution in [1.29, 1.82) is 0 Å². The van der Waals surface area contributed by atoms with Gasteiger partial charge in [-0.05, 0) is 17.7 Å². The first-order valence-electron chi connectivity index (χ1n) is 5.20. The van der Waals surface area contributed by atoms with E-state index in [1.807, 2.05) is 0 Å². The smallest absolute Gasteiger partial charge is 0.343 e. The number of nitrogens with zero attached hydrogens (tertiary/aromatic N) is 2. The minimum absolute atomic E-state index is 0.103. The number of carbonyl (C=O) groups is 1. The summed E-state index contributed by atoms with van der Waals surface area (Å²) in [6.45, 7) is 0. The van der Waals surface area contributed by atoms with E-state index < -0.39 is 17.7 Å². The summed E-state index contributed by atoms with van der Waals surface area (Å²) < 4.78 is 1.02. The predicted octanol–water partition coefficient (Wildman–Crippen LogP) is 0.145. The van der Waals surface area contributed by atoms with Gasteiger partial charge in [-0.2, -0.15) is 5.10 Å². The number of aromatic amines is 1. The average molecular weight is 249 g/mol. The van der Waals surface area contributed by atoms with Gasteiger partial charge in [0.2, 0.25) is 0 Å². The highest BCUT2D eigenvalue weighted by Gasteiger charge is 2.21. The van der Waals surface area contributed by atoms with Crippen molar-refractivity contribution in [2.75, 3.05) is 0 Å². The third-order valence-electron chi connectivity index (χ3n) is 2.56. The molecule has 0 aliphatic carbocycles. The van der Waals surface area contributed by atoms with Crippen molar-refractivity contribution in [2.24, 2.45) is 0 Å². The highest BCUT2D eigenvalue weighted by Crippen LogP contribution is 2.16. The van der Waals surface area contributed by atoms with E-state index in [0.29, 0.717) is 5.56 Å². The molecule has 94 valence electrons. The zero-order valence-electron chi connectivity index (χ0n) is 9.28. The van der Waals surface area contributed by atoms with E-state index in [2.05, 4.69) is 10.2 Å². The van der Waals surface area contributed by atoms with Crippen LogP contribution in [-0.4, -0.2) is 30.9 Å². The van der Waals surface area contributed by atoms with Gasteiger partial charge in [-0.25, -0.2) is 14.7 Å². The topological polar surface area (TPSA) is 108 Å². The number of aromatic nitrogens is 3. The van der Waals surface area contributed by atoms with E-state index in [9.17, 15) is 9.59 Å². The van der Waals surface area contributed by atoms with Gasteiger partial charge in [0.25, 0.3) is 0 Å². The summed E-state index contributed by atoms with van der Waals surface area (Å²) in [5, 5.41) is 23.9. The van der Waals surface area contributed by atoms with Crippen LogP contribution in [0.15, 0.2) is 35.4 Å². The number of hydrogen-bond donors (Lipinski definition) is 3. The Balaban J connectivity index is 2.28. The Labute approximate surface area is 101 Å². The van der Waals surface area contributed by atoms with Crippen molar-refractivity contribution in [3.63, 3.8) is 0 Å².